The third-order valence-electron chi connectivity index (χ3n) is 4.13. The van der Waals surface area contributed by atoms with Crippen molar-refractivity contribution in [3.63, 3.8) is 0 Å². The molecule has 0 amide bonds. The van der Waals surface area contributed by atoms with Crippen LogP contribution in [0, 0.1) is 0 Å². The molecule has 152 valence electrons. The van der Waals surface area contributed by atoms with Crippen molar-refractivity contribution in [3.8, 4) is 0 Å². The van der Waals surface area contributed by atoms with Crippen molar-refractivity contribution in [2.24, 2.45) is 0 Å². The largest absolute Gasteiger partial charge is 0.416 e. The Morgan fingerprint density at radius 1 is 1.31 bits per heavy atom. The molecule has 0 saturated heterocycles. The number of allylic oxidation sites excluding steroid dienone is 1. The van der Waals surface area contributed by atoms with Gasteiger partial charge in [-0.05, 0) is 73.0 Å². The molecule has 3 rings (SSSR count). The third kappa shape index (κ3) is 4.86. The van der Waals surface area contributed by atoms with Gasteiger partial charge in [0.2, 0.25) is 5.28 Å². The molecule has 0 fully saturated rings. The van der Waals surface area contributed by atoms with E-state index in [0.717, 1.165) is 12.1 Å². The summed E-state index contributed by atoms with van der Waals surface area (Å²) >= 11 is 5.98. The van der Waals surface area contributed by atoms with Crippen LogP contribution in [0.4, 0.5) is 24.7 Å². The minimum Gasteiger partial charge on any atom is -0.399 e. The van der Waals surface area contributed by atoms with Crippen LogP contribution in [-0.2, 0) is 11.0 Å². The van der Waals surface area contributed by atoms with E-state index in [1.165, 1.54) is 23.6 Å². The van der Waals surface area contributed by atoms with Crippen LogP contribution in [-0.4, -0.2) is 20.4 Å². The standard InChI is InChI=1S/C19H17ClF3N5O/c1-10(29)3-4-12-5-16-17(26-18(20)27-28(16)9-12)25-11(2)13-6-14(19(21,22)23)8-15(24)7-13/h3-9,11H,24H2,1-2H3,(H,25,26,27)/b4-3+/t11-/m1/s1. The predicted molar refractivity (Wildman–Crippen MR) is 106 cm³/mol. The molecular formula is C19H17ClF3N5O. The van der Waals surface area contributed by atoms with Crippen molar-refractivity contribution in [2.75, 3.05) is 11.1 Å². The first-order chi connectivity index (χ1) is 13.5. The maximum atomic E-state index is 13.1. The molecule has 1 atom stereocenters. The number of alkyl halides is 3. The fourth-order valence-electron chi connectivity index (χ4n) is 2.78. The lowest BCUT2D eigenvalue weighted by atomic mass is 10.0. The average molecular weight is 424 g/mol. The van der Waals surface area contributed by atoms with Crippen LogP contribution in [0.15, 0.2) is 36.5 Å². The zero-order chi connectivity index (χ0) is 21.3. The van der Waals surface area contributed by atoms with Crippen LogP contribution in [0.5, 0.6) is 0 Å². The first kappa shape index (κ1) is 20.7. The molecule has 0 radical (unpaired) electrons. The fraction of sp³-hybridized carbons (Fsp3) is 0.211. The molecule has 0 bridgehead atoms. The molecule has 6 nitrogen and oxygen atoms in total. The summed E-state index contributed by atoms with van der Waals surface area (Å²) in [6.07, 6.45) is 0.172. The molecule has 3 aromatic rings. The number of nitrogen functional groups attached to an aromatic ring is 1. The molecule has 0 saturated carbocycles. The van der Waals surface area contributed by atoms with Crippen molar-refractivity contribution in [3.05, 3.63) is 58.5 Å². The summed E-state index contributed by atoms with van der Waals surface area (Å²) in [7, 11) is 0. The van der Waals surface area contributed by atoms with Gasteiger partial charge in [0, 0.05) is 11.9 Å². The monoisotopic (exact) mass is 423 g/mol. The molecule has 29 heavy (non-hydrogen) atoms. The normalized spacial score (nSPS) is 13.2. The molecule has 0 aliphatic carbocycles. The number of nitrogens with two attached hydrogens (primary N) is 1. The third-order valence-corrected chi connectivity index (χ3v) is 4.29. The van der Waals surface area contributed by atoms with Gasteiger partial charge in [-0.15, -0.1) is 5.10 Å². The van der Waals surface area contributed by atoms with E-state index in [9.17, 15) is 18.0 Å². The number of fused-ring (bicyclic) bond motifs is 1. The molecule has 2 aromatic heterocycles. The second-order valence-electron chi connectivity index (χ2n) is 6.53. The maximum absolute atomic E-state index is 13.1. The van der Waals surface area contributed by atoms with Crippen molar-refractivity contribution in [1.29, 1.82) is 0 Å². The van der Waals surface area contributed by atoms with Crippen molar-refractivity contribution in [2.45, 2.75) is 26.1 Å². The topological polar surface area (TPSA) is 85.3 Å². The maximum Gasteiger partial charge on any atom is 0.416 e. The molecule has 3 N–H and O–H groups in total. The summed E-state index contributed by atoms with van der Waals surface area (Å²) in [6, 6.07) is 4.56. The Hall–Kier alpha value is -3.07. The van der Waals surface area contributed by atoms with E-state index in [2.05, 4.69) is 15.4 Å². The van der Waals surface area contributed by atoms with E-state index >= 15 is 0 Å². The molecule has 0 spiro atoms. The van der Waals surface area contributed by atoms with Crippen molar-refractivity contribution < 1.29 is 18.0 Å². The number of nitrogens with one attached hydrogen (secondary N) is 1. The predicted octanol–water partition coefficient (Wildman–Crippen LogP) is 4.76. The zero-order valence-corrected chi connectivity index (χ0v) is 16.2. The van der Waals surface area contributed by atoms with Crippen LogP contribution >= 0.6 is 11.6 Å². The molecule has 1 aromatic carbocycles. The van der Waals surface area contributed by atoms with E-state index in [1.807, 2.05) is 0 Å². The number of halogens is 4. The Morgan fingerprint density at radius 2 is 2.03 bits per heavy atom. The van der Waals surface area contributed by atoms with Gasteiger partial charge in [0.1, 0.15) is 5.52 Å². The highest BCUT2D eigenvalue weighted by atomic mass is 35.5. The lowest BCUT2D eigenvalue weighted by Crippen LogP contribution is -2.13. The number of hydrogen-bond acceptors (Lipinski definition) is 5. The Morgan fingerprint density at radius 3 is 2.69 bits per heavy atom. The average Bonchev–Trinajstić information content (AvgIpc) is 3.01. The van der Waals surface area contributed by atoms with Crippen LogP contribution in [0.1, 0.15) is 36.6 Å². The minimum absolute atomic E-state index is 0.00804. The Kier molecular flexibility index (Phi) is 5.52. The van der Waals surface area contributed by atoms with Gasteiger partial charge in [-0.1, -0.05) is 0 Å². The van der Waals surface area contributed by atoms with Gasteiger partial charge in [0.05, 0.1) is 11.6 Å². The van der Waals surface area contributed by atoms with Gasteiger partial charge in [-0.3, -0.25) is 4.79 Å². The number of nitrogens with zero attached hydrogens (tertiary/aromatic N) is 3. The van der Waals surface area contributed by atoms with Gasteiger partial charge in [-0.25, -0.2) is 4.52 Å². The Bertz CT molecular complexity index is 1110. The lowest BCUT2D eigenvalue weighted by molar-refractivity contribution is -0.137. The molecule has 2 heterocycles. The van der Waals surface area contributed by atoms with Crippen LogP contribution in [0.3, 0.4) is 0 Å². The highest BCUT2D eigenvalue weighted by Gasteiger charge is 2.31. The highest BCUT2D eigenvalue weighted by Crippen LogP contribution is 2.33. The molecule has 0 aliphatic rings. The summed E-state index contributed by atoms with van der Waals surface area (Å²) in [4.78, 5) is 15.3. The van der Waals surface area contributed by atoms with Crippen molar-refractivity contribution >= 4 is 40.5 Å². The molecule has 10 heteroatoms. The first-order valence-electron chi connectivity index (χ1n) is 8.51. The van der Waals surface area contributed by atoms with Gasteiger partial charge < -0.3 is 11.1 Å². The number of benzene rings is 1. The van der Waals surface area contributed by atoms with Crippen LogP contribution in [0.25, 0.3) is 11.6 Å². The number of carbonyl (C=O) groups excluding carboxylic acids is 1. The van der Waals surface area contributed by atoms with E-state index in [4.69, 9.17) is 17.3 Å². The van der Waals surface area contributed by atoms with Gasteiger partial charge >= 0.3 is 6.18 Å². The molecular weight excluding hydrogens is 407 g/mol. The van der Waals surface area contributed by atoms with Crippen molar-refractivity contribution in [1.82, 2.24) is 14.6 Å². The number of rotatable bonds is 5. The smallest absolute Gasteiger partial charge is 0.399 e. The van der Waals surface area contributed by atoms with Gasteiger partial charge in [0.25, 0.3) is 0 Å². The number of anilines is 2. The molecule has 0 aliphatic heterocycles. The first-order valence-corrected chi connectivity index (χ1v) is 8.89. The van der Waals surface area contributed by atoms with Gasteiger partial charge in [0.15, 0.2) is 11.6 Å². The number of ketones is 1. The summed E-state index contributed by atoms with van der Waals surface area (Å²) in [5, 5.41) is 7.08. The minimum atomic E-state index is -4.51. The second-order valence-corrected chi connectivity index (χ2v) is 6.87. The zero-order valence-electron chi connectivity index (χ0n) is 15.5. The SMILES string of the molecule is CC(=O)/C=C/c1cc2c(N[C@H](C)c3cc(N)cc(C(F)(F)F)c3)nc(Cl)nn2c1. The second kappa shape index (κ2) is 7.75. The molecule has 0 unspecified atom stereocenters. The van der Waals surface area contributed by atoms with Crippen LogP contribution < -0.4 is 11.1 Å². The highest BCUT2D eigenvalue weighted by molar-refractivity contribution is 6.28. The van der Waals surface area contributed by atoms with E-state index in [1.54, 1.807) is 25.3 Å². The summed E-state index contributed by atoms with van der Waals surface area (Å²) in [5.41, 5.74) is 6.41. The Balaban J connectivity index is 1.97. The quantitative estimate of drug-likeness (QED) is 0.456. The van der Waals surface area contributed by atoms with E-state index in [0.29, 0.717) is 22.5 Å². The summed E-state index contributed by atoms with van der Waals surface area (Å²) < 4.78 is 40.7. The fourth-order valence-corrected chi connectivity index (χ4v) is 2.95. The Labute approximate surface area is 169 Å². The summed E-state index contributed by atoms with van der Waals surface area (Å²) in [6.45, 7) is 3.11. The number of hydrogen-bond donors (Lipinski definition) is 2. The number of carbonyl (C=O) groups is 1. The number of aromatic nitrogens is 3. The summed E-state index contributed by atoms with van der Waals surface area (Å²) in [5.74, 6) is 0.217. The van der Waals surface area contributed by atoms with E-state index < -0.39 is 17.8 Å². The van der Waals surface area contributed by atoms with Crippen LogP contribution in [0.2, 0.25) is 5.28 Å². The van der Waals surface area contributed by atoms with E-state index in [-0.39, 0.29) is 16.8 Å². The van der Waals surface area contributed by atoms with Gasteiger partial charge in [-0.2, -0.15) is 18.2 Å². The lowest BCUT2D eigenvalue weighted by Gasteiger charge is -2.18.